The number of rotatable bonds is 7. The topological polar surface area (TPSA) is 106 Å². The number of benzene rings is 1. The maximum Gasteiger partial charge on any atom is 0.406 e. The Bertz CT molecular complexity index is 1400. The molecule has 1 fully saturated rings. The standard InChI is InChI=1S/C24H27F3N8O2/c1-33-9-6-15(7-10-33)29-17-4-3-5-19-16(17)12-20(35(19)14-24(25,26)27)22-30-21(37-32-22)13-28-23(36)18-8-11-34(2)31-18/h3-5,8,11-12,15,29H,6-7,9-10,13-14H2,1-2H3,(H,28,36). The first kappa shape index (κ1) is 24.8. The molecule has 196 valence electrons. The number of fused-ring (bicyclic) bond motifs is 1. The van der Waals surface area contributed by atoms with E-state index in [-0.39, 0.29) is 35.7 Å². The molecule has 10 nitrogen and oxygen atoms in total. The van der Waals surface area contributed by atoms with Gasteiger partial charge in [-0.3, -0.25) is 9.48 Å². The monoisotopic (exact) mass is 516 g/mol. The molecule has 1 amide bonds. The van der Waals surface area contributed by atoms with Crippen molar-refractivity contribution < 1.29 is 22.5 Å². The summed E-state index contributed by atoms with van der Waals surface area (Å²) in [6.07, 6.45) is -0.931. The zero-order valence-corrected chi connectivity index (χ0v) is 20.4. The average Bonchev–Trinajstić information content (AvgIpc) is 3.58. The zero-order chi connectivity index (χ0) is 26.2. The summed E-state index contributed by atoms with van der Waals surface area (Å²) in [7, 11) is 3.76. The van der Waals surface area contributed by atoms with E-state index < -0.39 is 18.6 Å². The number of halogens is 3. The van der Waals surface area contributed by atoms with Crippen molar-refractivity contribution in [2.24, 2.45) is 7.05 Å². The van der Waals surface area contributed by atoms with Crippen LogP contribution in [0.15, 0.2) is 41.1 Å². The number of anilines is 1. The van der Waals surface area contributed by atoms with Crippen LogP contribution < -0.4 is 10.6 Å². The fourth-order valence-electron chi connectivity index (χ4n) is 4.53. The van der Waals surface area contributed by atoms with Crippen molar-refractivity contribution in [2.45, 2.75) is 38.1 Å². The summed E-state index contributed by atoms with van der Waals surface area (Å²) in [6, 6.07) is 8.71. The van der Waals surface area contributed by atoms with Crippen LogP contribution in [-0.2, 0) is 20.1 Å². The molecule has 0 bridgehead atoms. The Hall–Kier alpha value is -3.87. The van der Waals surface area contributed by atoms with Crippen LogP contribution in [0.4, 0.5) is 18.9 Å². The smallest absolute Gasteiger partial charge is 0.382 e. The molecular weight excluding hydrogens is 489 g/mol. The van der Waals surface area contributed by atoms with Crippen LogP contribution in [0.25, 0.3) is 22.4 Å². The molecule has 13 heteroatoms. The summed E-state index contributed by atoms with van der Waals surface area (Å²) in [5.74, 6) is -0.364. The number of carbonyl (C=O) groups is 1. The van der Waals surface area contributed by atoms with Crippen LogP contribution in [0.5, 0.6) is 0 Å². The third kappa shape index (κ3) is 5.61. The van der Waals surface area contributed by atoms with Crippen molar-refractivity contribution in [3.63, 3.8) is 0 Å². The van der Waals surface area contributed by atoms with Gasteiger partial charge in [-0.2, -0.15) is 23.3 Å². The van der Waals surface area contributed by atoms with Gasteiger partial charge < -0.3 is 24.6 Å². The molecule has 0 spiro atoms. The van der Waals surface area contributed by atoms with Crippen LogP contribution in [0.1, 0.15) is 29.2 Å². The largest absolute Gasteiger partial charge is 0.406 e. The Morgan fingerprint density at radius 2 is 1.97 bits per heavy atom. The Morgan fingerprint density at radius 1 is 1.19 bits per heavy atom. The van der Waals surface area contributed by atoms with Gasteiger partial charge in [0.2, 0.25) is 11.7 Å². The van der Waals surface area contributed by atoms with Crippen molar-refractivity contribution in [1.82, 2.24) is 34.7 Å². The number of likely N-dealkylation sites (tertiary alicyclic amines) is 1. The Morgan fingerprint density at radius 3 is 2.68 bits per heavy atom. The third-order valence-electron chi connectivity index (χ3n) is 6.40. The number of nitrogens with one attached hydrogen (secondary N) is 2. The first-order valence-corrected chi connectivity index (χ1v) is 11.9. The summed E-state index contributed by atoms with van der Waals surface area (Å²) in [5, 5.41) is 14.7. The van der Waals surface area contributed by atoms with E-state index >= 15 is 0 Å². The summed E-state index contributed by atoms with van der Waals surface area (Å²) in [6.45, 7) is 0.613. The second-order valence-electron chi connectivity index (χ2n) is 9.26. The molecule has 1 aliphatic heterocycles. The predicted octanol–water partition coefficient (Wildman–Crippen LogP) is 3.42. The highest BCUT2D eigenvalue weighted by atomic mass is 19.4. The van der Waals surface area contributed by atoms with Gasteiger partial charge in [0.1, 0.15) is 12.2 Å². The molecule has 1 aliphatic rings. The summed E-state index contributed by atoms with van der Waals surface area (Å²) in [5.41, 5.74) is 1.58. The van der Waals surface area contributed by atoms with E-state index in [2.05, 4.69) is 37.8 Å². The number of alkyl halides is 3. The molecule has 0 atom stereocenters. The Kier molecular flexibility index (Phi) is 6.63. The minimum Gasteiger partial charge on any atom is -0.382 e. The van der Waals surface area contributed by atoms with Crippen molar-refractivity contribution in [2.75, 3.05) is 25.5 Å². The number of nitrogens with zero attached hydrogens (tertiary/aromatic N) is 6. The molecule has 4 heterocycles. The fraction of sp³-hybridized carbons (Fsp3) is 0.417. The van der Waals surface area contributed by atoms with Gasteiger partial charge in [0.15, 0.2) is 0 Å². The fourth-order valence-corrected chi connectivity index (χ4v) is 4.53. The van der Waals surface area contributed by atoms with Crippen LogP contribution >= 0.6 is 0 Å². The highest BCUT2D eigenvalue weighted by Crippen LogP contribution is 2.34. The molecule has 3 aromatic heterocycles. The number of hydrogen-bond acceptors (Lipinski definition) is 7. The molecule has 0 unspecified atom stereocenters. The number of amides is 1. The molecule has 0 saturated carbocycles. The van der Waals surface area contributed by atoms with E-state index in [1.54, 1.807) is 37.5 Å². The summed E-state index contributed by atoms with van der Waals surface area (Å²) < 4.78 is 48.6. The normalized spacial score (nSPS) is 15.4. The number of aryl methyl sites for hydroxylation is 1. The number of hydrogen-bond donors (Lipinski definition) is 2. The van der Waals surface area contributed by atoms with Gasteiger partial charge in [-0.25, -0.2) is 0 Å². The quantitative estimate of drug-likeness (QED) is 0.388. The van der Waals surface area contributed by atoms with Crippen LogP contribution in [0.3, 0.4) is 0 Å². The highest BCUT2D eigenvalue weighted by molar-refractivity contribution is 5.96. The van der Waals surface area contributed by atoms with Crippen LogP contribution in [-0.4, -0.2) is 67.7 Å². The summed E-state index contributed by atoms with van der Waals surface area (Å²) in [4.78, 5) is 18.8. The minimum absolute atomic E-state index is 0.00720. The van der Waals surface area contributed by atoms with E-state index in [1.807, 2.05) is 6.07 Å². The lowest BCUT2D eigenvalue weighted by atomic mass is 10.0. The molecule has 4 aromatic rings. The van der Waals surface area contributed by atoms with Gasteiger partial charge in [0, 0.05) is 30.4 Å². The maximum atomic E-state index is 13.6. The molecule has 2 N–H and O–H groups in total. The lowest BCUT2D eigenvalue weighted by molar-refractivity contribution is -0.139. The number of piperidine rings is 1. The van der Waals surface area contributed by atoms with E-state index in [4.69, 9.17) is 4.52 Å². The van der Waals surface area contributed by atoms with E-state index in [9.17, 15) is 18.0 Å². The van der Waals surface area contributed by atoms with E-state index in [0.717, 1.165) is 36.2 Å². The summed E-state index contributed by atoms with van der Waals surface area (Å²) >= 11 is 0. The zero-order valence-electron chi connectivity index (χ0n) is 20.4. The van der Waals surface area contributed by atoms with Gasteiger partial charge in [0.05, 0.1) is 17.8 Å². The lowest BCUT2D eigenvalue weighted by Crippen LogP contribution is -2.36. The van der Waals surface area contributed by atoms with Crippen molar-refractivity contribution in [3.8, 4) is 11.5 Å². The Labute approximate surface area is 210 Å². The van der Waals surface area contributed by atoms with E-state index in [0.29, 0.717) is 10.9 Å². The van der Waals surface area contributed by atoms with Gasteiger partial charge in [0.25, 0.3) is 5.91 Å². The Balaban J connectivity index is 1.42. The number of carbonyl (C=O) groups excluding carboxylic acids is 1. The molecular formula is C24H27F3N8O2. The van der Waals surface area contributed by atoms with Gasteiger partial charge in [-0.1, -0.05) is 11.2 Å². The molecule has 0 radical (unpaired) electrons. The van der Waals surface area contributed by atoms with Crippen LogP contribution in [0, 0.1) is 0 Å². The lowest BCUT2D eigenvalue weighted by Gasteiger charge is -2.30. The van der Waals surface area contributed by atoms with E-state index in [1.165, 1.54) is 4.68 Å². The van der Waals surface area contributed by atoms with Crippen molar-refractivity contribution >= 4 is 22.5 Å². The second-order valence-corrected chi connectivity index (χ2v) is 9.26. The van der Waals surface area contributed by atoms with Crippen molar-refractivity contribution in [3.05, 3.63) is 48.1 Å². The van der Waals surface area contributed by atoms with Gasteiger partial charge in [-0.15, -0.1) is 0 Å². The average molecular weight is 517 g/mol. The first-order chi connectivity index (χ1) is 17.7. The first-order valence-electron chi connectivity index (χ1n) is 11.9. The predicted molar refractivity (Wildman–Crippen MR) is 130 cm³/mol. The molecule has 5 rings (SSSR count). The minimum atomic E-state index is -4.46. The molecule has 1 saturated heterocycles. The van der Waals surface area contributed by atoms with Crippen LogP contribution in [0.2, 0.25) is 0 Å². The van der Waals surface area contributed by atoms with Gasteiger partial charge >= 0.3 is 6.18 Å². The van der Waals surface area contributed by atoms with Crippen molar-refractivity contribution in [1.29, 1.82) is 0 Å². The number of aromatic nitrogens is 5. The SMILES string of the molecule is CN1CCC(Nc2cccc3c2cc(-c2noc(CNC(=O)c4ccn(C)n4)n2)n3CC(F)(F)F)CC1. The molecule has 37 heavy (non-hydrogen) atoms. The highest BCUT2D eigenvalue weighted by Gasteiger charge is 2.31. The second kappa shape index (κ2) is 9.88. The molecule has 1 aromatic carbocycles. The maximum absolute atomic E-state index is 13.6. The van der Waals surface area contributed by atoms with Gasteiger partial charge in [-0.05, 0) is 57.2 Å². The third-order valence-corrected chi connectivity index (χ3v) is 6.40. The molecule has 0 aliphatic carbocycles.